The molecular weight excluding hydrogens is 204 g/mol. The van der Waals surface area contributed by atoms with E-state index in [1.165, 1.54) is 23.1 Å². The number of hydrogen-bond acceptors (Lipinski definition) is 0. The SMILES string of the molecule is CC1=C2\C=CC3=C(C2)C(/C=C\C/C=C\1)CC=C3. The third-order valence-corrected chi connectivity index (χ3v) is 3.87. The number of hydrogen-bond donors (Lipinski definition) is 0. The third kappa shape index (κ3) is 2.00. The Morgan fingerprint density at radius 1 is 1.00 bits per heavy atom. The second kappa shape index (κ2) is 4.37. The molecule has 1 atom stereocenters. The van der Waals surface area contributed by atoms with E-state index >= 15 is 0 Å². The molecule has 0 heteroatoms. The van der Waals surface area contributed by atoms with Gasteiger partial charge in [0.15, 0.2) is 0 Å². The van der Waals surface area contributed by atoms with Crippen LogP contribution in [-0.2, 0) is 0 Å². The van der Waals surface area contributed by atoms with Crippen LogP contribution in [0, 0.1) is 5.92 Å². The molecule has 0 aromatic heterocycles. The third-order valence-electron chi connectivity index (χ3n) is 3.87. The average molecular weight is 222 g/mol. The van der Waals surface area contributed by atoms with Crippen molar-refractivity contribution < 1.29 is 0 Å². The summed E-state index contributed by atoms with van der Waals surface area (Å²) in [5, 5.41) is 0. The van der Waals surface area contributed by atoms with Gasteiger partial charge in [0.2, 0.25) is 0 Å². The minimum atomic E-state index is 0.620. The topological polar surface area (TPSA) is 0 Å². The molecule has 0 aromatic rings. The fourth-order valence-corrected chi connectivity index (χ4v) is 2.79. The standard InChI is InChI=1S/C17H18/c1-13-6-3-2-4-7-14-8-5-9-15-10-11-16(13)12-17(14)15/h3-7,9-11,14H,2,8,12H2,1H3/b6-3-,7-4-,16-13-. The molecule has 0 amide bonds. The zero-order chi connectivity index (χ0) is 11.7. The normalized spacial score (nSPS) is 34.8. The zero-order valence-corrected chi connectivity index (χ0v) is 10.3. The van der Waals surface area contributed by atoms with Crippen molar-refractivity contribution in [2.24, 2.45) is 5.92 Å². The van der Waals surface area contributed by atoms with Gasteiger partial charge in [0, 0.05) is 5.92 Å². The lowest BCUT2D eigenvalue weighted by Gasteiger charge is -2.26. The van der Waals surface area contributed by atoms with Crippen LogP contribution in [0.1, 0.15) is 26.2 Å². The Bertz CT molecular complexity index is 504. The summed E-state index contributed by atoms with van der Waals surface area (Å²) in [6.07, 6.45) is 21.7. The Balaban J connectivity index is 2.10. The lowest BCUT2D eigenvalue weighted by atomic mass is 9.79. The van der Waals surface area contributed by atoms with Crippen LogP contribution in [0.4, 0.5) is 0 Å². The molecule has 0 aromatic carbocycles. The highest BCUT2D eigenvalue weighted by Crippen LogP contribution is 2.36. The molecular formula is C17H18. The average Bonchev–Trinajstić information content (AvgIpc) is 2.37. The quantitative estimate of drug-likeness (QED) is 0.523. The maximum absolute atomic E-state index is 2.39. The summed E-state index contributed by atoms with van der Waals surface area (Å²) >= 11 is 0. The van der Waals surface area contributed by atoms with E-state index < -0.39 is 0 Å². The van der Waals surface area contributed by atoms with Gasteiger partial charge in [0.1, 0.15) is 0 Å². The van der Waals surface area contributed by atoms with Gasteiger partial charge in [-0.1, -0.05) is 54.2 Å². The molecule has 2 bridgehead atoms. The molecule has 1 unspecified atom stereocenters. The highest BCUT2D eigenvalue weighted by Gasteiger charge is 2.20. The van der Waals surface area contributed by atoms with Crippen molar-refractivity contribution in [3.05, 3.63) is 70.9 Å². The highest BCUT2D eigenvalue weighted by atomic mass is 14.2. The molecule has 0 saturated heterocycles. The van der Waals surface area contributed by atoms with Gasteiger partial charge >= 0.3 is 0 Å². The summed E-state index contributed by atoms with van der Waals surface area (Å²) in [5.74, 6) is 0.620. The summed E-state index contributed by atoms with van der Waals surface area (Å²) in [6.45, 7) is 2.22. The van der Waals surface area contributed by atoms with Crippen molar-refractivity contribution in [2.45, 2.75) is 26.2 Å². The predicted octanol–water partition coefficient (Wildman–Crippen LogP) is 4.65. The molecule has 3 rings (SSSR count). The summed E-state index contributed by atoms with van der Waals surface area (Å²) in [5.41, 5.74) is 5.94. The first-order chi connectivity index (χ1) is 8.34. The number of allylic oxidation sites excluding steroid dienone is 12. The molecule has 0 radical (unpaired) electrons. The Labute approximate surface area is 103 Å². The van der Waals surface area contributed by atoms with Crippen LogP contribution in [0.15, 0.2) is 70.9 Å². The van der Waals surface area contributed by atoms with Crippen LogP contribution in [0.2, 0.25) is 0 Å². The van der Waals surface area contributed by atoms with Crippen LogP contribution in [-0.4, -0.2) is 0 Å². The minimum absolute atomic E-state index is 0.620. The fourth-order valence-electron chi connectivity index (χ4n) is 2.79. The number of fused-ring (bicyclic) bond motifs is 1. The van der Waals surface area contributed by atoms with Crippen LogP contribution >= 0.6 is 0 Å². The van der Waals surface area contributed by atoms with E-state index in [4.69, 9.17) is 0 Å². The van der Waals surface area contributed by atoms with Crippen molar-refractivity contribution in [2.75, 3.05) is 0 Å². The first kappa shape index (κ1) is 10.6. The maximum atomic E-state index is 2.39. The molecule has 86 valence electrons. The molecule has 0 nitrogen and oxygen atoms in total. The van der Waals surface area contributed by atoms with E-state index in [9.17, 15) is 0 Å². The zero-order valence-electron chi connectivity index (χ0n) is 10.3. The lowest BCUT2D eigenvalue weighted by Crippen LogP contribution is -2.10. The molecule has 0 heterocycles. The Morgan fingerprint density at radius 2 is 1.94 bits per heavy atom. The van der Waals surface area contributed by atoms with Crippen LogP contribution in [0.3, 0.4) is 0 Å². The van der Waals surface area contributed by atoms with Crippen molar-refractivity contribution >= 4 is 0 Å². The van der Waals surface area contributed by atoms with Gasteiger partial charge in [-0.15, -0.1) is 0 Å². The highest BCUT2D eigenvalue weighted by molar-refractivity contribution is 5.51. The minimum Gasteiger partial charge on any atom is -0.0841 e. The summed E-state index contributed by atoms with van der Waals surface area (Å²) < 4.78 is 0. The predicted molar refractivity (Wildman–Crippen MR) is 73.6 cm³/mol. The van der Waals surface area contributed by atoms with E-state index in [1.54, 1.807) is 5.57 Å². The van der Waals surface area contributed by atoms with Crippen LogP contribution < -0.4 is 0 Å². The molecule has 0 fully saturated rings. The lowest BCUT2D eigenvalue weighted by molar-refractivity contribution is 0.723. The van der Waals surface area contributed by atoms with Crippen molar-refractivity contribution in [3.8, 4) is 0 Å². The molecule has 3 aliphatic rings. The number of rotatable bonds is 0. The van der Waals surface area contributed by atoms with Crippen molar-refractivity contribution in [1.29, 1.82) is 0 Å². The van der Waals surface area contributed by atoms with Crippen molar-refractivity contribution in [1.82, 2.24) is 0 Å². The van der Waals surface area contributed by atoms with Gasteiger partial charge in [-0.2, -0.15) is 0 Å². The van der Waals surface area contributed by atoms with Crippen molar-refractivity contribution in [3.63, 3.8) is 0 Å². The van der Waals surface area contributed by atoms with E-state index in [-0.39, 0.29) is 0 Å². The van der Waals surface area contributed by atoms with Gasteiger partial charge in [-0.05, 0) is 42.9 Å². The van der Waals surface area contributed by atoms with Crippen LogP contribution in [0.25, 0.3) is 0 Å². The maximum Gasteiger partial charge on any atom is 0.00238 e. The van der Waals surface area contributed by atoms with E-state index in [2.05, 4.69) is 55.5 Å². The van der Waals surface area contributed by atoms with Gasteiger partial charge in [0.05, 0.1) is 0 Å². The summed E-state index contributed by atoms with van der Waals surface area (Å²) in [6, 6.07) is 0. The Hall–Kier alpha value is -1.56. The second-order valence-corrected chi connectivity index (χ2v) is 5.01. The molecule has 17 heavy (non-hydrogen) atoms. The molecule has 0 spiro atoms. The molecule has 3 aliphatic carbocycles. The largest absolute Gasteiger partial charge is 0.0841 e. The summed E-state index contributed by atoms with van der Waals surface area (Å²) in [4.78, 5) is 0. The fraction of sp³-hybridized carbons (Fsp3) is 0.294. The van der Waals surface area contributed by atoms with Crippen LogP contribution in [0.5, 0.6) is 0 Å². The van der Waals surface area contributed by atoms with E-state index in [1.807, 2.05) is 0 Å². The van der Waals surface area contributed by atoms with Gasteiger partial charge in [0.25, 0.3) is 0 Å². The Kier molecular flexibility index (Phi) is 2.72. The van der Waals surface area contributed by atoms with Gasteiger partial charge < -0.3 is 0 Å². The van der Waals surface area contributed by atoms with Gasteiger partial charge in [-0.3, -0.25) is 0 Å². The molecule has 0 aliphatic heterocycles. The first-order valence-electron chi connectivity index (χ1n) is 6.45. The summed E-state index contributed by atoms with van der Waals surface area (Å²) in [7, 11) is 0. The molecule has 0 saturated carbocycles. The second-order valence-electron chi connectivity index (χ2n) is 5.01. The van der Waals surface area contributed by atoms with E-state index in [0.717, 1.165) is 12.8 Å². The first-order valence-corrected chi connectivity index (χ1v) is 6.45. The monoisotopic (exact) mass is 222 g/mol. The molecule has 0 N–H and O–H groups in total. The van der Waals surface area contributed by atoms with E-state index in [0.29, 0.717) is 5.92 Å². The van der Waals surface area contributed by atoms with Gasteiger partial charge in [-0.25, -0.2) is 0 Å². The Morgan fingerprint density at radius 3 is 2.88 bits per heavy atom. The smallest absolute Gasteiger partial charge is 0.00238 e.